The number of ether oxygens (including phenoxy) is 1. The molecule has 1 amide bonds. The average Bonchev–Trinajstić information content (AvgIpc) is 3.62. The molecular formula is C28H29N5O3. The van der Waals surface area contributed by atoms with E-state index < -0.39 is 5.91 Å². The van der Waals surface area contributed by atoms with E-state index in [2.05, 4.69) is 9.88 Å². The first-order valence-electron chi connectivity index (χ1n) is 12.2. The van der Waals surface area contributed by atoms with E-state index in [-0.39, 0.29) is 18.4 Å². The summed E-state index contributed by atoms with van der Waals surface area (Å²) in [4.78, 5) is 34.0. The standard InChI is InChI=1S/C28H29N5O3/c1-18(34)36-14-12-21-6-2-3-8-24(21)30-28(35)26-31-25(22-7-4-5-20(15-22)16-29)23-11-13-33(27(23)32-26)17-19-9-10-19/h2-8,11,13,15,19H,9-10,12,14,16-17,29H2,1H3,(H,30,35). The van der Waals surface area contributed by atoms with Crippen LogP contribution in [0.5, 0.6) is 0 Å². The number of amides is 1. The van der Waals surface area contributed by atoms with Gasteiger partial charge >= 0.3 is 5.97 Å². The van der Waals surface area contributed by atoms with Crippen molar-refractivity contribution >= 4 is 28.6 Å². The van der Waals surface area contributed by atoms with Gasteiger partial charge in [-0.1, -0.05) is 36.4 Å². The second-order valence-electron chi connectivity index (χ2n) is 9.15. The van der Waals surface area contributed by atoms with E-state index in [1.54, 1.807) is 0 Å². The van der Waals surface area contributed by atoms with Gasteiger partial charge in [0, 0.05) is 49.3 Å². The van der Waals surface area contributed by atoms with E-state index in [1.165, 1.54) is 19.8 Å². The van der Waals surface area contributed by atoms with E-state index in [1.807, 2.05) is 60.8 Å². The van der Waals surface area contributed by atoms with Crippen molar-refractivity contribution < 1.29 is 14.3 Å². The highest BCUT2D eigenvalue weighted by molar-refractivity contribution is 6.04. The van der Waals surface area contributed by atoms with E-state index in [9.17, 15) is 9.59 Å². The molecule has 8 heteroatoms. The third kappa shape index (κ3) is 5.28. The molecule has 0 spiro atoms. The molecule has 0 saturated heterocycles. The molecule has 0 atom stereocenters. The maximum atomic E-state index is 13.4. The van der Waals surface area contributed by atoms with Gasteiger partial charge in [0.15, 0.2) is 0 Å². The van der Waals surface area contributed by atoms with Crippen molar-refractivity contribution in [1.82, 2.24) is 14.5 Å². The zero-order valence-corrected chi connectivity index (χ0v) is 20.2. The highest BCUT2D eigenvalue weighted by Gasteiger charge is 2.24. The molecule has 8 nitrogen and oxygen atoms in total. The smallest absolute Gasteiger partial charge is 0.302 e. The van der Waals surface area contributed by atoms with Crippen molar-refractivity contribution in [2.24, 2.45) is 11.7 Å². The number of carbonyl (C=O) groups excluding carboxylic acids is 2. The number of hydrogen-bond donors (Lipinski definition) is 2. The number of nitrogens with one attached hydrogen (secondary N) is 1. The van der Waals surface area contributed by atoms with Gasteiger partial charge in [-0.25, -0.2) is 9.97 Å². The Kier molecular flexibility index (Phi) is 6.77. The third-order valence-electron chi connectivity index (χ3n) is 6.35. The zero-order valence-electron chi connectivity index (χ0n) is 20.2. The Balaban J connectivity index is 1.51. The molecule has 3 N–H and O–H groups in total. The maximum Gasteiger partial charge on any atom is 0.302 e. The van der Waals surface area contributed by atoms with Crippen molar-refractivity contribution in [3.63, 3.8) is 0 Å². The Morgan fingerprint density at radius 1 is 1.11 bits per heavy atom. The predicted molar refractivity (Wildman–Crippen MR) is 138 cm³/mol. The van der Waals surface area contributed by atoms with Crippen molar-refractivity contribution in [3.8, 4) is 11.3 Å². The van der Waals surface area contributed by atoms with E-state index in [0.29, 0.717) is 30.3 Å². The van der Waals surface area contributed by atoms with Gasteiger partial charge in [0.2, 0.25) is 5.82 Å². The number of para-hydroxylation sites is 1. The minimum absolute atomic E-state index is 0.0983. The fourth-order valence-corrected chi connectivity index (χ4v) is 4.30. The minimum atomic E-state index is -0.396. The second-order valence-corrected chi connectivity index (χ2v) is 9.15. The lowest BCUT2D eigenvalue weighted by atomic mass is 10.1. The van der Waals surface area contributed by atoms with Gasteiger partial charge < -0.3 is 20.4 Å². The van der Waals surface area contributed by atoms with Gasteiger partial charge in [0.25, 0.3) is 5.91 Å². The SMILES string of the molecule is CC(=O)OCCc1ccccc1NC(=O)c1nc(-c2cccc(CN)c2)c2ccn(CC3CC3)c2n1. The lowest BCUT2D eigenvalue weighted by Crippen LogP contribution is -2.18. The van der Waals surface area contributed by atoms with E-state index in [0.717, 1.165) is 34.3 Å². The summed E-state index contributed by atoms with van der Waals surface area (Å²) in [5, 5.41) is 3.87. The van der Waals surface area contributed by atoms with Crippen molar-refractivity contribution in [3.05, 3.63) is 77.7 Å². The normalized spacial score (nSPS) is 13.1. The number of anilines is 1. The number of aromatic nitrogens is 3. The topological polar surface area (TPSA) is 112 Å². The monoisotopic (exact) mass is 483 g/mol. The van der Waals surface area contributed by atoms with Crippen LogP contribution in [0.1, 0.15) is 41.5 Å². The van der Waals surface area contributed by atoms with Crippen molar-refractivity contribution in [2.45, 2.75) is 39.3 Å². The predicted octanol–water partition coefficient (Wildman–Crippen LogP) is 4.32. The molecule has 5 rings (SSSR count). The first-order chi connectivity index (χ1) is 17.5. The maximum absolute atomic E-state index is 13.4. The number of carbonyl (C=O) groups is 2. The largest absolute Gasteiger partial charge is 0.466 e. The molecule has 1 aliphatic carbocycles. The molecule has 2 aromatic heterocycles. The van der Waals surface area contributed by atoms with Crippen molar-refractivity contribution in [2.75, 3.05) is 11.9 Å². The van der Waals surface area contributed by atoms with Crippen LogP contribution in [0.3, 0.4) is 0 Å². The van der Waals surface area contributed by atoms with Gasteiger partial charge in [0.05, 0.1) is 12.3 Å². The van der Waals surface area contributed by atoms with Crippen molar-refractivity contribution in [1.29, 1.82) is 0 Å². The summed E-state index contributed by atoms with van der Waals surface area (Å²) in [6.45, 7) is 2.91. The molecule has 0 bridgehead atoms. The van der Waals surface area contributed by atoms with Crippen LogP contribution < -0.4 is 11.1 Å². The van der Waals surface area contributed by atoms with Crippen LogP contribution in [-0.2, 0) is 29.0 Å². The molecule has 0 aliphatic heterocycles. The summed E-state index contributed by atoms with van der Waals surface area (Å²) in [5.74, 6) is 0.0213. The number of nitrogens with zero attached hydrogens (tertiary/aromatic N) is 3. The quantitative estimate of drug-likeness (QED) is 0.343. The Labute approximate surface area is 209 Å². The van der Waals surface area contributed by atoms with Crippen LogP contribution in [0.2, 0.25) is 0 Å². The fraction of sp³-hybridized carbons (Fsp3) is 0.286. The van der Waals surface area contributed by atoms with Crippen LogP contribution >= 0.6 is 0 Å². The molecule has 1 fully saturated rings. The van der Waals surface area contributed by atoms with E-state index in [4.69, 9.17) is 20.4 Å². The number of esters is 1. The van der Waals surface area contributed by atoms with Gasteiger partial charge in [-0.2, -0.15) is 0 Å². The molecule has 2 heterocycles. The summed E-state index contributed by atoms with van der Waals surface area (Å²) < 4.78 is 7.20. The number of benzene rings is 2. The molecule has 4 aromatic rings. The lowest BCUT2D eigenvalue weighted by molar-refractivity contribution is -0.140. The molecular weight excluding hydrogens is 454 g/mol. The number of nitrogens with two attached hydrogens (primary N) is 1. The van der Waals surface area contributed by atoms with Crippen LogP contribution in [0, 0.1) is 5.92 Å². The first-order valence-corrected chi connectivity index (χ1v) is 12.2. The second kappa shape index (κ2) is 10.3. The summed E-state index contributed by atoms with van der Waals surface area (Å²) in [7, 11) is 0. The summed E-state index contributed by atoms with van der Waals surface area (Å²) in [5.41, 5.74) is 10.7. The van der Waals surface area contributed by atoms with Gasteiger partial charge in [-0.05, 0) is 48.1 Å². The number of rotatable bonds is 9. The van der Waals surface area contributed by atoms with Crippen LogP contribution in [-0.4, -0.2) is 33.0 Å². The summed E-state index contributed by atoms with van der Waals surface area (Å²) >= 11 is 0. The Bertz CT molecular complexity index is 1420. The minimum Gasteiger partial charge on any atom is -0.466 e. The van der Waals surface area contributed by atoms with Gasteiger partial charge in [0.1, 0.15) is 5.65 Å². The highest BCUT2D eigenvalue weighted by atomic mass is 16.5. The molecule has 0 radical (unpaired) electrons. The van der Waals surface area contributed by atoms with Gasteiger partial charge in [-0.3, -0.25) is 9.59 Å². The third-order valence-corrected chi connectivity index (χ3v) is 6.35. The molecule has 2 aromatic carbocycles. The molecule has 184 valence electrons. The fourth-order valence-electron chi connectivity index (χ4n) is 4.30. The average molecular weight is 484 g/mol. The number of fused-ring (bicyclic) bond motifs is 1. The van der Waals surface area contributed by atoms with Crippen LogP contribution in [0.25, 0.3) is 22.3 Å². The summed E-state index contributed by atoms with van der Waals surface area (Å²) in [6, 6.07) is 17.4. The Hall–Kier alpha value is -4.04. The first kappa shape index (κ1) is 23.7. The Morgan fingerprint density at radius 3 is 2.72 bits per heavy atom. The van der Waals surface area contributed by atoms with Gasteiger partial charge in [-0.15, -0.1) is 0 Å². The van der Waals surface area contributed by atoms with Crippen LogP contribution in [0.15, 0.2) is 60.8 Å². The van der Waals surface area contributed by atoms with E-state index >= 15 is 0 Å². The van der Waals surface area contributed by atoms with Crippen LogP contribution in [0.4, 0.5) is 5.69 Å². The Morgan fingerprint density at radius 2 is 1.94 bits per heavy atom. The lowest BCUT2D eigenvalue weighted by Gasteiger charge is -2.12. The summed E-state index contributed by atoms with van der Waals surface area (Å²) in [6.07, 6.45) is 4.94. The number of hydrogen-bond acceptors (Lipinski definition) is 6. The molecule has 0 unspecified atom stereocenters. The molecule has 1 aliphatic rings. The zero-order chi connectivity index (χ0) is 25.1. The molecule has 36 heavy (non-hydrogen) atoms. The molecule has 1 saturated carbocycles. The highest BCUT2D eigenvalue weighted by Crippen LogP contribution is 2.33.